The van der Waals surface area contributed by atoms with Crippen LogP contribution >= 0.6 is 11.6 Å². The highest BCUT2D eigenvalue weighted by Crippen LogP contribution is 2.26. The molecule has 0 spiro atoms. The predicted octanol–water partition coefficient (Wildman–Crippen LogP) is 2.57. The van der Waals surface area contributed by atoms with Crippen molar-refractivity contribution in [2.45, 2.75) is 26.7 Å². The third kappa shape index (κ3) is 2.10. The summed E-state index contributed by atoms with van der Waals surface area (Å²) < 4.78 is 5.05. The molecule has 0 radical (unpaired) electrons. The molecular formula is C9H13ClN2O. The van der Waals surface area contributed by atoms with E-state index in [1.165, 1.54) is 0 Å². The summed E-state index contributed by atoms with van der Waals surface area (Å²) in [6.45, 7) is 5.91. The first kappa shape index (κ1) is 10.3. The van der Waals surface area contributed by atoms with Crippen molar-refractivity contribution in [1.29, 1.82) is 0 Å². The van der Waals surface area contributed by atoms with E-state index < -0.39 is 0 Å². The lowest BCUT2D eigenvalue weighted by Crippen LogP contribution is -2.02. The number of methoxy groups -OCH3 is 1. The molecule has 0 unspecified atom stereocenters. The molecule has 0 aliphatic heterocycles. The molecular weight excluding hydrogens is 188 g/mol. The highest BCUT2D eigenvalue weighted by atomic mass is 35.5. The van der Waals surface area contributed by atoms with E-state index in [1.54, 1.807) is 7.11 Å². The Morgan fingerprint density at radius 3 is 2.31 bits per heavy atom. The molecule has 1 heterocycles. The van der Waals surface area contributed by atoms with Crippen LogP contribution in [0.1, 0.15) is 31.3 Å². The van der Waals surface area contributed by atoms with E-state index in [2.05, 4.69) is 9.97 Å². The Bertz CT molecular complexity index is 289. The van der Waals surface area contributed by atoms with Crippen molar-refractivity contribution < 1.29 is 4.74 Å². The Kier molecular flexibility index (Phi) is 3.09. The number of nitrogens with zero attached hydrogens (tertiary/aromatic N) is 2. The first-order valence-corrected chi connectivity index (χ1v) is 4.52. The van der Waals surface area contributed by atoms with Gasteiger partial charge in [-0.25, -0.2) is 9.97 Å². The average molecular weight is 201 g/mol. The molecule has 0 N–H and O–H groups in total. The van der Waals surface area contributed by atoms with Crippen LogP contribution in [0.25, 0.3) is 0 Å². The molecule has 1 rings (SSSR count). The van der Waals surface area contributed by atoms with Crippen molar-refractivity contribution in [3.05, 3.63) is 16.7 Å². The normalized spacial score (nSPS) is 10.6. The van der Waals surface area contributed by atoms with Gasteiger partial charge in [0.25, 0.3) is 0 Å². The highest BCUT2D eigenvalue weighted by molar-refractivity contribution is 6.30. The smallest absolute Gasteiger partial charge is 0.177 e. The maximum Gasteiger partial charge on any atom is 0.177 e. The molecule has 0 amide bonds. The molecule has 0 aliphatic rings. The van der Waals surface area contributed by atoms with Gasteiger partial charge in [-0.05, 0) is 6.92 Å². The summed E-state index contributed by atoms with van der Waals surface area (Å²) in [6, 6.07) is 0. The van der Waals surface area contributed by atoms with Gasteiger partial charge in [0.15, 0.2) is 10.9 Å². The summed E-state index contributed by atoms with van der Waals surface area (Å²) in [5.41, 5.74) is 0.784. The Morgan fingerprint density at radius 2 is 1.92 bits per heavy atom. The first-order chi connectivity index (χ1) is 6.06. The Hall–Kier alpha value is -0.830. The van der Waals surface area contributed by atoms with Crippen LogP contribution in [0.3, 0.4) is 0 Å². The van der Waals surface area contributed by atoms with Gasteiger partial charge < -0.3 is 4.74 Å². The van der Waals surface area contributed by atoms with Gasteiger partial charge in [-0.2, -0.15) is 0 Å². The summed E-state index contributed by atoms with van der Waals surface area (Å²) in [4.78, 5) is 8.42. The van der Waals surface area contributed by atoms with Crippen LogP contribution in [0, 0.1) is 6.92 Å². The zero-order chi connectivity index (χ0) is 10.0. The second-order valence-corrected chi connectivity index (χ2v) is 3.50. The van der Waals surface area contributed by atoms with E-state index in [1.807, 2.05) is 20.8 Å². The zero-order valence-electron chi connectivity index (χ0n) is 8.26. The second-order valence-electron chi connectivity index (χ2n) is 3.15. The third-order valence-corrected chi connectivity index (χ3v) is 1.99. The molecule has 3 nitrogen and oxygen atoms in total. The molecule has 4 heteroatoms. The van der Waals surface area contributed by atoms with Crippen LogP contribution in [0.5, 0.6) is 5.75 Å². The van der Waals surface area contributed by atoms with E-state index >= 15 is 0 Å². The van der Waals surface area contributed by atoms with Crippen molar-refractivity contribution in [3.8, 4) is 5.75 Å². The highest BCUT2D eigenvalue weighted by Gasteiger charge is 2.11. The SMILES string of the molecule is COc1c(C)nc(C(C)C)nc1Cl. The topological polar surface area (TPSA) is 35.0 Å². The van der Waals surface area contributed by atoms with Crippen molar-refractivity contribution in [2.75, 3.05) is 7.11 Å². The summed E-state index contributed by atoms with van der Waals surface area (Å²) in [7, 11) is 1.56. The number of aromatic nitrogens is 2. The number of aryl methyl sites for hydroxylation is 1. The summed E-state index contributed by atoms with van der Waals surface area (Å²) in [5.74, 6) is 1.59. The predicted molar refractivity (Wildman–Crippen MR) is 52.4 cm³/mol. The molecule has 0 saturated heterocycles. The molecule has 0 aromatic carbocycles. The monoisotopic (exact) mass is 200 g/mol. The Labute approximate surface area is 83.1 Å². The molecule has 0 fully saturated rings. The number of hydrogen-bond acceptors (Lipinski definition) is 3. The number of ether oxygens (including phenoxy) is 1. The van der Waals surface area contributed by atoms with Gasteiger partial charge in [-0.1, -0.05) is 25.4 Å². The van der Waals surface area contributed by atoms with E-state index in [4.69, 9.17) is 16.3 Å². The van der Waals surface area contributed by atoms with Gasteiger partial charge in [-0.3, -0.25) is 0 Å². The molecule has 0 atom stereocenters. The van der Waals surface area contributed by atoms with Gasteiger partial charge in [-0.15, -0.1) is 0 Å². The maximum atomic E-state index is 5.90. The standard InChI is InChI=1S/C9H13ClN2O/c1-5(2)9-11-6(3)7(13-4)8(10)12-9/h5H,1-4H3. The van der Waals surface area contributed by atoms with Crippen molar-refractivity contribution >= 4 is 11.6 Å². The minimum Gasteiger partial charge on any atom is -0.492 e. The van der Waals surface area contributed by atoms with Gasteiger partial charge in [0.2, 0.25) is 0 Å². The summed E-state index contributed by atoms with van der Waals surface area (Å²) in [6.07, 6.45) is 0. The fourth-order valence-corrected chi connectivity index (χ4v) is 1.34. The lowest BCUT2D eigenvalue weighted by atomic mass is 10.2. The lowest BCUT2D eigenvalue weighted by Gasteiger charge is -2.09. The van der Waals surface area contributed by atoms with Gasteiger partial charge in [0, 0.05) is 5.92 Å². The van der Waals surface area contributed by atoms with Crippen LogP contribution in [-0.4, -0.2) is 17.1 Å². The van der Waals surface area contributed by atoms with E-state index in [0.29, 0.717) is 10.9 Å². The zero-order valence-corrected chi connectivity index (χ0v) is 9.01. The largest absolute Gasteiger partial charge is 0.492 e. The molecule has 0 saturated carbocycles. The van der Waals surface area contributed by atoms with Crippen molar-refractivity contribution in [2.24, 2.45) is 0 Å². The fraction of sp³-hybridized carbons (Fsp3) is 0.556. The van der Waals surface area contributed by atoms with Gasteiger partial charge in [0.05, 0.1) is 12.8 Å². The minimum atomic E-state index is 0.280. The first-order valence-electron chi connectivity index (χ1n) is 4.14. The third-order valence-electron chi connectivity index (χ3n) is 1.73. The summed E-state index contributed by atoms with van der Waals surface area (Å²) in [5, 5.41) is 0.388. The molecule has 1 aromatic heterocycles. The number of rotatable bonds is 2. The average Bonchev–Trinajstić information content (AvgIpc) is 2.03. The van der Waals surface area contributed by atoms with Gasteiger partial charge in [0.1, 0.15) is 5.82 Å². The number of halogens is 1. The Morgan fingerprint density at radius 1 is 1.31 bits per heavy atom. The molecule has 0 aliphatic carbocycles. The van der Waals surface area contributed by atoms with Crippen LogP contribution in [-0.2, 0) is 0 Å². The quantitative estimate of drug-likeness (QED) is 0.689. The molecule has 13 heavy (non-hydrogen) atoms. The van der Waals surface area contributed by atoms with Crippen molar-refractivity contribution in [3.63, 3.8) is 0 Å². The maximum absolute atomic E-state index is 5.90. The second kappa shape index (κ2) is 3.92. The van der Waals surface area contributed by atoms with E-state index in [0.717, 1.165) is 11.5 Å². The molecule has 72 valence electrons. The van der Waals surface area contributed by atoms with Crippen LogP contribution in [0.4, 0.5) is 0 Å². The number of hydrogen-bond donors (Lipinski definition) is 0. The fourth-order valence-electron chi connectivity index (χ4n) is 1.04. The summed E-state index contributed by atoms with van der Waals surface area (Å²) >= 11 is 5.90. The lowest BCUT2D eigenvalue weighted by molar-refractivity contribution is 0.406. The molecule has 0 bridgehead atoms. The van der Waals surface area contributed by atoms with E-state index in [-0.39, 0.29) is 5.92 Å². The van der Waals surface area contributed by atoms with E-state index in [9.17, 15) is 0 Å². The van der Waals surface area contributed by atoms with Crippen LogP contribution < -0.4 is 4.74 Å². The van der Waals surface area contributed by atoms with Crippen LogP contribution in [0.15, 0.2) is 0 Å². The Balaban J connectivity index is 3.20. The van der Waals surface area contributed by atoms with Gasteiger partial charge >= 0.3 is 0 Å². The molecule has 1 aromatic rings. The van der Waals surface area contributed by atoms with Crippen LogP contribution in [0.2, 0.25) is 5.15 Å². The van der Waals surface area contributed by atoms with Crippen molar-refractivity contribution in [1.82, 2.24) is 9.97 Å². The minimum absolute atomic E-state index is 0.280.